The van der Waals surface area contributed by atoms with E-state index in [9.17, 15) is 19.7 Å². The van der Waals surface area contributed by atoms with Crippen LogP contribution in [0.2, 0.25) is 0 Å². The zero-order valence-corrected chi connectivity index (χ0v) is 13.8. The summed E-state index contributed by atoms with van der Waals surface area (Å²) in [5.41, 5.74) is 0.880. The first kappa shape index (κ1) is 17.6. The van der Waals surface area contributed by atoms with E-state index in [4.69, 9.17) is 4.74 Å². The maximum Gasteiger partial charge on any atom is 0.306 e. The minimum atomic E-state index is -0.542. The van der Waals surface area contributed by atoms with Crippen molar-refractivity contribution in [2.75, 3.05) is 11.9 Å². The number of hydrogen-bond acceptors (Lipinski definition) is 6. The molecule has 1 N–H and O–H groups in total. The molecule has 24 heavy (non-hydrogen) atoms. The zero-order valence-electron chi connectivity index (χ0n) is 13.0. The van der Waals surface area contributed by atoms with Crippen molar-refractivity contribution in [3.63, 3.8) is 0 Å². The maximum absolute atomic E-state index is 11.8. The van der Waals surface area contributed by atoms with Gasteiger partial charge < -0.3 is 10.1 Å². The van der Waals surface area contributed by atoms with Gasteiger partial charge in [-0.3, -0.25) is 19.7 Å². The van der Waals surface area contributed by atoms with Crippen LogP contribution < -0.4 is 5.32 Å². The average Bonchev–Trinajstić information content (AvgIpc) is 3.06. The smallest absolute Gasteiger partial charge is 0.306 e. The highest BCUT2D eigenvalue weighted by atomic mass is 32.1. The molecular formula is C16H16N2O5S. The summed E-state index contributed by atoms with van der Waals surface area (Å²) in [6.07, 6.45) is 0.770. The van der Waals surface area contributed by atoms with Gasteiger partial charge in [-0.05, 0) is 30.4 Å². The van der Waals surface area contributed by atoms with E-state index < -0.39 is 23.4 Å². The predicted octanol–water partition coefficient (Wildman–Crippen LogP) is 3.08. The molecule has 0 unspecified atom stereocenters. The summed E-state index contributed by atoms with van der Waals surface area (Å²) in [5, 5.41) is 15.2. The Labute approximate surface area is 142 Å². The van der Waals surface area contributed by atoms with Gasteiger partial charge in [0.05, 0.1) is 17.0 Å². The summed E-state index contributed by atoms with van der Waals surface area (Å²) < 4.78 is 4.91. The van der Waals surface area contributed by atoms with E-state index in [1.165, 1.54) is 12.1 Å². The summed E-state index contributed by atoms with van der Waals surface area (Å²) >= 11 is 1.55. The number of aryl methyl sites for hydroxylation is 2. The Morgan fingerprint density at radius 3 is 2.79 bits per heavy atom. The van der Waals surface area contributed by atoms with E-state index in [0.717, 1.165) is 4.88 Å². The van der Waals surface area contributed by atoms with E-state index in [-0.39, 0.29) is 12.1 Å². The molecule has 7 nitrogen and oxygen atoms in total. The number of non-ortho nitro benzene ring substituents is 1. The minimum absolute atomic E-state index is 0.121. The van der Waals surface area contributed by atoms with Gasteiger partial charge in [0.1, 0.15) is 0 Å². The molecule has 8 heteroatoms. The normalized spacial score (nSPS) is 10.2. The monoisotopic (exact) mass is 348 g/mol. The number of carbonyl (C=O) groups excluding carboxylic acids is 2. The minimum Gasteiger partial charge on any atom is -0.456 e. The Morgan fingerprint density at radius 1 is 1.33 bits per heavy atom. The van der Waals surface area contributed by atoms with Crippen LogP contribution in [0.5, 0.6) is 0 Å². The van der Waals surface area contributed by atoms with Crippen molar-refractivity contribution in [2.45, 2.75) is 19.8 Å². The number of nitrogens with zero attached hydrogens (tertiary/aromatic N) is 1. The lowest BCUT2D eigenvalue weighted by Gasteiger charge is -2.08. The Morgan fingerprint density at radius 2 is 2.12 bits per heavy atom. The van der Waals surface area contributed by atoms with Gasteiger partial charge in [-0.25, -0.2) is 0 Å². The number of rotatable bonds is 7. The number of thiophene rings is 1. The summed E-state index contributed by atoms with van der Waals surface area (Å²) in [5.74, 6) is -1.00. The summed E-state index contributed by atoms with van der Waals surface area (Å²) in [6, 6.07) is 8.00. The van der Waals surface area contributed by atoms with Gasteiger partial charge in [-0.1, -0.05) is 12.1 Å². The molecule has 2 aromatic rings. The molecule has 1 aromatic carbocycles. The zero-order chi connectivity index (χ0) is 17.5. The van der Waals surface area contributed by atoms with E-state index in [1.807, 2.05) is 17.5 Å². The van der Waals surface area contributed by atoms with Gasteiger partial charge in [0.25, 0.3) is 11.6 Å². The predicted molar refractivity (Wildman–Crippen MR) is 90.1 cm³/mol. The van der Waals surface area contributed by atoms with Crippen molar-refractivity contribution >= 4 is 34.6 Å². The van der Waals surface area contributed by atoms with Crippen LogP contribution >= 0.6 is 11.3 Å². The summed E-state index contributed by atoms with van der Waals surface area (Å²) in [7, 11) is 0. The van der Waals surface area contributed by atoms with Crippen LogP contribution in [0, 0.1) is 17.0 Å². The molecule has 0 atom stereocenters. The number of esters is 1. The second kappa shape index (κ2) is 8.21. The summed E-state index contributed by atoms with van der Waals surface area (Å²) in [4.78, 5) is 34.7. The Kier molecular flexibility index (Phi) is 6.02. The fraction of sp³-hybridized carbons (Fsp3) is 0.250. The molecule has 0 bridgehead atoms. The van der Waals surface area contributed by atoms with Crippen LogP contribution in [0.25, 0.3) is 0 Å². The Bertz CT molecular complexity index is 743. The molecule has 0 spiro atoms. The first-order chi connectivity index (χ1) is 11.5. The molecule has 1 aromatic heterocycles. The molecule has 0 aliphatic heterocycles. The SMILES string of the molecule is Cc1ccc([N+](=O)[O-])cc1NC(=O)COC(=O)CCc1cccs1. The van der Waals surface area contributed by atoms with Gasteiger partial charge in [0, 0.05) is 17.0 Å². The summed E-state index contributed by atoms with van der Waals surface area (Å²) in [6.45, 7) is 1.29. The third kappa shape index (κ3) is 5.17. The number of ether oxygens (including phenoxy) is 1. The standard InChI is InChI=1S/C16H16N2O5S/c1-11-4-5-12(18(21)22)9-14(11)17-15(19)10-23-16(20)7-6-13-3-2-8-24-13/h2-5,8-9H,6-7,10H2,1H3,(H,17,19). The molecule has 2 rings (SSSR count). The molecule has 0 radical (unpaired) electrons. The van der Waals surface area contributed by atoms with Gasteiger partial charge >= 0.3 is 5.97 Å². The van der Waals surface area contributed by atoms with Gasteiger partial charge in [0.2, 0.25) is 0 Å². The van der Waals surface area contributed by atoms with E-state index in [1.54, 1.807) is 24.3 Å². The molecule has 0 aliphatic carbocycles. The molecule has 0 saturated carbocycles. The number of hydrogen-bond donors (Lipinski definition) is 1. The number of nitro benzene ring substituents is 1. The second-order valence-electron chi connectivity index (χ2n) is 5.04. The molecule has 1 amide bonds. The van der Waals surface area contributed by atoms with Crippen molar-refractivity contribution in [3.8, 4) is 0 Å². The van der Waals surface area contributed by atoms with Crippen molar-refractivity contribution in [2.24, 2.45) is 0 Å². The van der Waals surface area contributed by atoms with Crippen LogP contribution in [0.3, 0.4) is 0 Å². The van der Waals surface area contributed by atoms with Crippen LogP contribution in [0.1, 0.15) is 16.9 Å². The van der Waals surface area contributed by atoms with Crippen molar-refractivity contribution in [1.29, 1.82) is 0 Å². The number of nitro groups is 1. The molecule has 0 saturated heterocycles. The first-order valence-corrected chi connectivity index (χ1v) is 8.06. The fourth-order valence-electron chi connectivity index (χ4n) is 1.94. The molecular weight excluding hydrogens is 332 g/mol. The largest absolute Gasteiger partial charge is 0.456 e. The van der Waals surface area contributed by atoms with Crippen LogP contribution in [0.4, 0.5) is 11.4 Å². The highest BCUT2D eigenvalue weighted by molar-refractivity contribution is 7.09. The van der Waals surface area contributed by atoms with E-state index in [0.29, 0.717) is 17.7 Å². The van der Waals surface area contributed by atoms with Crippen LogP contribution in [0.15, 0.2) is 35.7 Å². The third-order valence-corrected chi connectivity index (χ3v) is 4.16. The molecule has 1 heterocycles. The number of amides is 1. The van der Waals surface area contributed by atoms with Gasteiger partial charge in [-0.15, -0.1) is 11.3 Å². The van der Waals surface area contributed by atoms with Gasteiger partial charge in [0.15, 0.2) is 6.61 Å². The fourth-order valence-corrected chi connectivity index (χ4v) is 2.65. The van der Waals surface area contributed by atoms with Crippen molar-refractivity contribution < 1.29 is 19.2 Å². The van der Waals surface area contributed by atoms with Gasteiger partial charge in [-0.2, -0.15) is 0 Å². The molecule has 126 valence electrons. The third-order valence-electron chi connectivity index (χ3n) is 3.23. The lowest BCUT2D eigenvalue weighted by atomic mass is 10.2. The highest BCUT2D eigenvalue weighted by Gasteiger charge is 2.13. The maximum atomic E-state index is 11.8. The molecule has 0 fully saturated rings. The van der Waals surface area contributed by atoms with E-state index >= 15 is 0 Å². The highest BCUT2D eigenvalue weighted by Crippen LogP contribution is 2.21. The molecule has 0 aliphatic rings. The second-order valence-corrected chi connectivity index (χ2v) is 6.08. The Hall–Kier alpha value is -2.74. The average molecular weight is 348 g/mol. The lowest BCUT2D eigenvalue weighted by Crippen LogP contribution is -2.21. The number of anilines is 1. The first-order valence-electron chi connectivity index (χ1n) is 7.18. The topological polar surface area (TPSA) is 98.5 Å². The number of carbonyl (C=O) groups is 2. The van der Waals surface area contributed by atoms with E-state index in [2.05, 4.69) is 5.32 Å². The lowest BCUT2D eigenvalue weighted by molar-refractivity contribution is -0.384. The number of benzene rings is 1. The van der Waals surface area contributed by atoms with Crippen LogP contribution in [-0.4, -0.2) is 23.4 Å². The van der Waals surface area contributed by atoms with Crippen molar-refractivity contribution in [1.82, 2.24) is 0 Å². The quantitative estimate of drug-likeness (QED) is 0.471. The number of nitrogens with one attached hydrogen (secondary N) is 1. The van der Waals surface area contributed by atoms with Crippen LogP contribution in [-0.2, 0) is 20.7 Å². The Balaban J connectivity index is 1.81. The van der Waals surface area contributed by atoms with Crippen molar-refractivity contribution in [3.05, 3.63) is 56.3 Å².